The summed E-state index contributed by atoms with van der Waals surface area (Å²) in [5.41, 5.74) is 7.69. The molecule has 2 rings (SSSR count). The second kappa shape index (κ2) is 7.64. The maximum absolute atomic E-state index is 5.92. The fourth-order valence-corrected chi connectivity index (χ4v) is 3.23. The van der Waals surface area contributed by atoms with Gasteiger partial charge >= 0.3 is 0 Å². The Kier molecular flexibility index (Phi) is 5.86. The van der Waals surface area contributed by atoms with Gasteiger partial charge in [-0.25, -0.2) is 0 Å². The quantitative estimate of drug-likeness (QED) is 0.790. The van der Waals surface area contributed by atoms with Gasteiger partial charge in [0.25, 0.3) is 0 Å². The SMILES string of the molecule is CC(C)Oc1cc(N)cc(NCCN2CCSCC2)c1. The van der Waals surface area contributed by atoms with Crippen LogP contribution in [0.15, 0.2) is 18.2 Å². The molecule has 0 aliphatic carbocycles. The molecule has 112 valence electrons. The van der Waals surface area contributed by atoms with Gasteiger partial charge in [0.15, 0.2) is 0 Å². The zero-order valence-electron chi connectivity index (χ0n) is 12.4. The van der Waals surface area contributed by atoms with E-state index in [1.54, 1.807) is 0 Å². The molecule has 1 aliphatic rings. The summed E-state index contributed by atoms with van der Waals surface area (Å²) in [4.78, 5) is 2.50. The van der Waals surface area contributed by atoms with Gasteiger partial charge in [-0.05, 0) is 19.9 Å². The fraction of sp³-hybridized carbons (Fsp3) is 0.600. The minimum absolute atomic E-state index is 0.162. The predicted octanol–water partition coefficient (Wildman–Crippen LogP) is 2.52. The first-order chi connectivity index (χ1) is 9.63. The van der Waals surface area contributed by atoms with E-state index in [9.17, 15) is 0 Å². The van der Waals surface area contributed by atoms with Gasteiger partial charge < -0.3 is 15.8 Å². The molecule has 0 unspecified atom stereocenters. The molecular weight excluding hydrogens is 270 g/mol. The number of ether oxygens (including phenoxy) is 1. The van der Waals surface area contributed by atoms with E-state index in [1.165, 1.54) is 24.6 Å². The highest BCUT2D eigenvalue weighted by Gasteiger charge is 2.09. The van der Waals surface area contributed by atoms with Crippen LogP contribution in [-0.4, -0.2) is 48.7 Å². The Labute approximate surface area is 126 Å². The van der Waals surface area contributed by atoms with E-state index in [1.807, 2.05) is 43.8 Å². The van der Waals surface area contributed by atoms with E-state index in [2.05, 4.69) is 10.2 Å². The standard InChI is InChI=1S/C15H25N3OS/c1-12(2)19-15-10-13(16)9-14(11-15)17-3-4-18-5-7-20-8-6-18/h9-12,17H,3-8,16H2,1-2H3. The van der Waals surface area contributed by atoms with Crippen molar-refractivity contribution in [2.24, 2.45) is 0 Å². The van der Waals surface area contributed by atoms with Crippen LogP contribution in [-0.2, 0) is 0 Å². The largest absolute Gasteiger partial charge is 0.491 e. The maximum atomic E-state index is 5.92. The van der Waals surface area contributed by atoms with E-state index < -0.39 is 0 Å². The number of hydrogen-bond acceptors (Lipinski definition) is 5. The topological polar surface area (TPSA) is 50.5 Å². The summed E-state index contributed by atoms with van der Waals surface area (Å²) in [6.07, 6.45) is 0.162. The molecule has 0 radical (unpaired) electrons. The Balaban J connectivity index is 1.83. The molecule has 1 saturated heterocycles. The first kappa shape index (κ1) is 15.3. The molecular formula is C15H25N3OS. The molecule has 1 aromatic carbocycles. The van der Waals surface area contributed by atoms with E-state index in [0.717, 1.165) is 30.2 Å². The van der Waals surface area contributed by atoms with Crippen molar-refractivity contribution in [1.82, 2.24) is 4.90 Å². The van der Waals surface area contributed by atoms with E-state index >= 15 is 0 Å². The summed E-state index contributed by atoms with van der Waals surface area (Å²) < 4.78 is 5.70. The maximum Gasteiger partial charge on any atom is 0.123 e. The lowest BCUT2D eigenvalue weighted by atomic mass is 10.2. The highest BCUT2D eigenvalue weighted by molar-refractivity contribution is 7.99. The third kappa shape index (κ3) is 5.13. The minimum atomic E-state index is 0.162. The Morgan fingerprint density at radius 2 is 2.05 bits per heavy atom. The van der Waals surface area contributed by atoms with Crippen molar-refractivity contribution in [3.63, 3.8) is 0 Å². The lowest BCUT2D eigenvalue weighted by Crippen LogP contribution is -2.36. The average molecular weight is 295 g/mol. The lowest BCUT2D eigenvalue weighted by molar-refractivity contribution is 0.242. The third-order valence-corrected chi connectivity index (χ3v) is 4.10. The summed E-state index contributed by atoms with van der Waals surface area (Å²) in [5.74, 6) is 3.34. The molecule has 0 aromatic heterocycles. The number of nitrogen functional groups attached to an aromatic ring is 1. The van der Waals surface area contributed by atoms with Crippen LogP contribution in [0.1, 0.15) is 13.8 Å². The molecule has 0 amide bonds. The number of thioether (sulfide) groups is 1. The molecule has 3 N–H and O–H groups in total. The Morgan fingerprint density at radius 3 is 2.75 bits per heavy atom. The third-order valence-electron chi connectivity index (χ3n) is 3.16. The zero-order valence-corrected chi connectivity index (χ0v) is 13.2. The van der Waals surface area contributed by atoms with Crippen LogP contribution in [0.25, 0.3) is 0 Å². The van der Waals surface area contributed by atoms with Gasteiger partial charge in [-0.3, -0.25) is 4.90 Å². The molecule has 0 saturated carbocycles. The number of hydrogen-bond donors (Lipinski definition) is 2. The Bertz CT molecular complexity index is 420. The Hall–Kier alpha value is -1.07. The van der Waals surface area contributed by atoms with Crippen LogP contribution in [0.4, 0.5) is 11.4 Å². The van der Waals surface area contributed by atoms with Crippen LogP contribution in [0, 0.1) is 0 Å². The molecule has 20 heavy (non-hydrogen) atoms. The van der Waals surface area contributed by atoms with Crippen molar-refractivity contribution >= 4 is 23.1 Å². The molecule has 0 atom stereocenters. The Morgan fingerprint density at radius 1 is 1.30 bits per heavy atom. The van der Waals surface area contributed by atoms with Gasteiger partial charge in [0, 0.05) is 61.2 Å². The summed E-state index contributed by atoms with van der Waals surface area (Å²) in [6, 6.07) is 5.84. The van der Waals surface area contributed by atoms with Crippen molar-refractivity contribution in [3.8, 4) is 5.75 Å². The van der Waals surface area contributed by atoms with Crippen molar-refractivity contribution in [2.45, 2.75) is 20.0 Å². The molecule has 0 spiro atoms. The second-order valence-electron chi connectivity index (χ2n) is 5.34. The summed E-state index contributed by atoms with van der Waals surface area (Å²) in [6.45, 7) is 8.45. The summed E-state index contributed by atoms with van der Waals surface area (Å²) in [5, 5.41) is 3.44. The predicted molar refractivity (Wildman–Crippen MR) is 88.9 cm³/mol. The van der Waals surface area contributed by atoms with Crippen molar-refractivity contribution in [3.05, 3.63) is 18.2 Å². The van der Waals surface area contributed by atoms with Crippen LogP contribution in [0.3, 0.4) is 0 Å². The number of benzene rings is 1. The van der Waals surface area contributed by atoms with E-state index in [4.69, 9.17) is 10.5 Å². The summed E-state index contributed by atoms with van der Waals surface area (Å²) >= 11 is 2.04. The van der Waals surface area contributed by atoms with Crippen molar-refractivity contribution in [2.75, 3.05) is 48.7 Å². The van der Waals surface area contributed by atoms with Crippen LogP contribution < -0.4 is 15.8 Å². The first-order valence-electron chi connectivity index (χ1n) is 7.24. The monoisotopic (exact) mass is 295 g/mol. The van der Waals surface area contributed by atoms with Crippen LogP contribution in [0.5, 0.6) is 5.75 Å². The molecule has 1 aliphatic heterocycles. The number of nitrogens with one attached hydrogen (secondary N) is 1. The lowest BCUT2D eigenvalue weighted by Gasteiger charge is -2.26. The minimum Gasteiger partial charge on any atom is -0.491 e. The van der Waals surface area contributed by atoms with Gasteiger partial charge in [0.05, 0.1) is 6.10 Å². The van der Waals surface area contributed by atoms with Gasteiger partial charge in [-0.1, -0.05) is 0 Å². The van der Waals surface area contributed by atoms with Crippen molar-refractivity contribution in [1.29, 1.82) is 0 Å². The van der Waals surface area contributed by atoms with Gasteiger partial charge in [-0.15, -0.1) is 0 Å². The van der Waals surface area contributed by atoms with E-state index in [0.29, 0.717) is 0 Å². The van der Waals surface area contributed by atoms with Gasteiger partial charge in [0.2, 0.25) is 0 Å². The molecule has 1 fully saturated rings. The highest BCUT2D eigenvalue weighted by atomic mass is 32.2. The normalized spacial score (nSPS) is 16.4. The van der Waals surface area contributed by atoms with Gasteiger partial charge in [0.1, 0.15) is 5.75 Å². The number of nitrogens with two attached hydrogens (primary N) is 1. The molecule has 4 nitrogen and oxygen atoms in total. The first-order valence-corrected chi connectivity index (χ1v) is 8.40. The smallest absolute Gasteiger partial charge is 0.123 e. The summed E-state index contributed by atoms with van der Waals surface area (Å²) in [7, 11) is 0. The number of rotatable bonds is 6. The number of anilines is 2. The van der Waals surface area contributed by atoms with Crippen LogP contribution >= 0.6 is 11.8 Å². The molecule has 5 heteroatoms. The molecule has 1 heterocycles. The van der Waals surface area contributed by atoms with Crippen LogP contribution in [0.2, 0.25) is 0 Å². The molecule has 0 bridgehead atoms. The number of nitrogens with zero attached hydrogens (tertiary/aromatic N) is 1. The zero-order chi connectivity index (χ0) is 14.4. The second-order valence-corrected chi connectivity index (χ2v) is 6.56. The molecule has 1 aromatic rings. The highest BCUT2D eigenvalue weighted by Crippen LogP contribution is 2.23. The van der Waals surface area contributed by atoms with E-state index in [-0.39, 0.29) is 6.10 Å². The fourth-order valence-electron chi connectivity index (χ4n) is 2.25. The van der Waals surface area contributed by atoms with Gasteiger partial charge in [-0.2, -0.15) is 11.8 Å². The van der Waals surface area contributed by atoms with Crippen molar-refractivity contribution < 1.29 is 4.74 Å². The average Bonchev–Trinajstić information content (AvgIpc) is 2.38.